The van der Waals surface area contributed by atoms with E-state index < -0.39 is 9.84 Å². The Bertz CT molecular complexity index is 883. The Hall–Kier alpha value is -1.57. The van der Waals surface area contributed by atoms with Crippen LogP contribution in [0.25, 0.3) is 0 Å². The Morgan fingerprint density at radius 1 is 1.11 bits per heavy atom. The molecular formula is C20H24BrNO4S. The van der Waals surface area contributed by atoms with Crippen molar-refractivity contribution in [2.24, 2.45) is 0 Å². The van der Waals surface area contributed by atoms with Gasteiger partial charge in [0.25, 0.3) is 0 Å². The van der Waals surface area contributed by atoms with E-state index >= 15 is 0 Å². The zero-order valence-electron chi connectivity index (χ0n) is 15.5. The first-order valence-corrected chi connectivity index (χ1v) is 11.3. The monoisotopic (exact) mass is 453 g/mol. The van der Waals surface area contributed by atoms with Crippen LogP contribution in [-0.4, -0.2) is 46.4 Å². The van der Waals surface area contributed by atoms with Crippen LogP contribution in [0.4, 0.5) is 0 Å². The zero-order chi connectivity index (χ0) is 19.4. The molecule has 1 atom stereocenters. The molecule has 0 bridgehead atoms. The van der Waals surface area contributed by atoms with Crippen molar-refractivity contribution >= 4 is 25.8 Å². The third-order valence-corrected chi connectivity index (χ3v) is 7.22. The molecule has 2 aromatic rings. The van der Waals surface area contributed by atoms with E-state index in [1.54, 1.807) is 38.5 Å². The van der Waals surface area contributed by atoms with Gasteiger partial charge in [-0.2, -0.15) is 0 Å². The average molecular weight is 454 g/mol. The minimum absolute atomic E-state index is 0.0947. The summed E-state index contributed by atoms with van der Waals surface area (Å²) in [5, 5.41) is 0. The van der Waals surface area contributed by atoms with Crippen molar-refractivity contribution in [3.8, 4) is 11.5 Å². The largest absolute Gasteiger partial charge is 0.497 e. The van der Waals surface area contributed by atoms with Crippen LogP contribution < -0.4 is 9.47 Å². The molecule has 2 aromatic carbocycles. The summed E-state index contributed by atoms with van der Waals surface area (Å²) in [6.45, 7) is 1.37. The van der Waals surface area contributed by atoms with Crippen molar-refractivity contribution in [3.05, 3.63) is 52.5 Å². The number of hydrogen-bond donors (Lipinski definition) is 0. The smallest absolute Gasteiger partial charge is 0.179 e. The van der Waals surface area contributed by atoms with Gasteiger partial charge in [-0.1, -0.05) is 15.9 Å². The van der Waals surface area contributed by atoms with Crippen molar-refractivity contribution in [2.75, 3.05) is 33.1 Å². The summed E-state index contributed by atoms with van der Waals surface area (Å²) in [6, 6.07) is 12.7. The molecule has 7 heteroatoms. The van der Waals surface area contributed by atoms with Crippen molar-refractivity contribution < 1.29 is 17.9 Å². The summed E-state index contributed by atoms with van der Waals surface area (Å²) < 4.78 is 37.1. The summed E-state index contributed by atoms with van der Waals surface area (Å²) in [4.78, 5) is 2.59. The lowest BCUT2D eigenvalue weighted by Crippen LogP contribution is -2.29. The van der Waals surface area contributed by atoms with Gasteiger partial charge in [0.2, 0.25) is 0 Å². The molecule has 0 radical (unpaired) electrons. The summed E-state index contributed by atoms with van der Waals surface area (Å²) in [6.07, 6.45) is 2.01. The maximum Gasteiger partial charge on any atom is 0.179 e. The van der Waals surface area contributed by atoms with Gasteiger partial charge in [0.15, 0.2) is 9.84 Å². The number of nitrogens with zero attached hydrogens (tertiary/aromatic N) is 1. The van der Waals surface area contributed by atoms with E-state index in [0.29, 0.717) is 11.4 Å². The van der Waals surface area contributed by atoms with Gasteiger partial charge in [-0.15, -0.1) is 0 Å². The minimum atomic E-state index is -3.32. The molecule has 0 amide bonds. The van der Waals surface area contributed by atoms with Crippen LogP contribution in [0.15, 0.2) is 51.8 Å². The number of likely N-dealkylation sites (tertiary alicyclic amines) is 1. The lowest BCUT2D eigenvalue weighted by atomic mass is 10.0. The molecule has 1 fully saturated rings. The van der Waals surface area contributed by atoms with Crippen LogP contribution in [0.3, 0.4) is 0 Å². The quantitative estimate of drug-likeness (QED) is 0.631. The maximum atomic E-state index is 12.7. The first-order chi connectivity index (χ1) is 12.9. The summed E-state index contributed by atoms with van der Waals surface area (Å²) >= 11 is 3.34. The molecule has 0 aliphatic carbocycles. The number of rotatable bonds is 7. The molecule has 0 spiro atoms. The summed E-state index contributed by atoms with van der Waals surface area (Å²) in [5.41, 5.74) is 1.05. The molecule has 0 unspecified atom stereocenters. The second-order valence-electron chi connectivity index (χ2n) is 6.57. The molecule has 0 N–H and O–H groups in total. The number of methoxy groups -OCH3 is 2. The predicted molar refractivity (Wildman–Crippen MR) is 109 cm³/mol. The molecule has 27 heavy (non-hydrogen) atoms. The molecule has 0 aromatic heterocycles. The molecule has 146 valence electrons. The van der Waals surface area contributed by atoms with Crippen LogP contribution in [0.5, 0.6) is 11.5 Å². The lowest BCUT2D eigenvalue weighted by molar-refractivity contribution is 0.264. The molecule has 3 rings (SSSR count). The second-order valence-corrected chi connectivity index (χ2v) is 9.60. The predicted octanol–water partition coefficient (Wildman–Crippen LogP) is 4.08. The van der Waals surface area contributed by atoms with Crippen LogP contribution in [0, 0.1) is 0 Å². The lowest BCUT2D eigenvalue weighted by Gasteiger charge is -2.26. The molecule has 5 nitrogen and oxygen atoms in total. The Kier molecular flexibility index (Phi) is 6.44. The number of hydrogen-bond acceptors (Lipinski definition) is 5. The standard InChI is InChI=1S/C20H24BrNO4S/c1-25-16-7-10-20(26-2)18(14-16)19-4-3-11-22(19)12-13-27(23,24)17-8-5-15(21)6-9-17/h5-10,14,19H,3-4,11-13H2,1-2H3/t19-/m1/s1. The molecule has 1 aliphatic heterocycles. The fraction of sp³-hybridized carbons (Fsp3) is 0.400. The molecule has 1 saturated heterocycles. The Morgan fingerprint density at radius 3 is 2.52 bits per heavy atom. The highest BCUT2D eigenvalue weighted by Crippen LogP contribution is 2.38. The van der Waals surface area contributed by atoms with Crippen LogP contribution in [-0.2, 0) is 9.84 Å². The number of benzene rings is 2. The van der Waals surface area contributed by atoms with Crippen molar-refractivity contribution in [3.63, 3.8) is 0 Å². The number of sulfone groups is 1. The van der Waals surface area contributed by atoms with E-state index in [-0.39, 0.29) is 11.8 Å². The summed E-state index contributed by atoms with van der Waals surface area (Å²) in [5.74, 6) is 1.68. The highest BCUT2D eigenvalue weighted by atomic mass is 79.9. The van der Waals surface area contributed by atoms with E-state index in [0.717, 1.165) is 40.9 Å². The van der Waals surface area contributed by atoms with Gasteiger partial charge in [-0.05, 0) is 61.9 Å². The van der Waals surface area contributed by atoms with Gasteiger partial charge in [0.05, 0.1) is 24.9 Å². The third kappa shape index (κ3) is 4.65. The third-order valence-electron chi connectivity index (χ3n) is 4.98. The topological polar surface area (TPSA) is 55.8 Å². The first-order valence-electron chi connectivity index (χ1n) is 8.89. The highest BCUT2D eigenvalue weighted by Gasteiger charge is 2.30. The van der Waals surface area contributed by atoms with Crippen LogP contribution in [0.2, 0.25) is 0 Å². The van der Waals surface area contributed by atoms with Gasteiger partial charge < -0.3 is 9.47 Å². The Balaban J connectivity index is 1.76. The normalized spacial score (nSPS) is 17.8. The van der Waals surface area contributed by atoms with Crippen LogP contribution in [0.1, 0.15) is 24.4 Å². The molecule has 1 heterocycles. The summed E-state index contributed by atoms with van der Waals surface area (Å²) in [7, 11) is -0.0201. The van der Waals surface area contributed by atoms with E-state index in [4.69, 9.17) is 9.47 Å². The van der Waals surface area contributed by atoms with E-state index in [1.807, 2.05) is 18.2 Å². The van der Waals surface area contributed by atoms with E-state index in [9.17, 15) is 8.42 Å². The maximum absolute atomic E-state index is 12.7. The van der Waals surface area contributed by atoms with Gasteiger partial charge in [-0.3, -0.25) is 4.90 Å². The van der Waals surface area contributed by atoms with Crippen molar-refractivity contribution in [1.29, 1.82) is 0 Å². The highest BCUT2D eigenvalue weighted by molar-refractivity contribution is 9.10. The Morgan fingerprint density at radius 2 is 1.85 bits per heavy atom. The first kappa shape index (κ1) is 20.2. The zero-order valence-corrected chi connectivity index (χ0v) is 17.9. The molecular weight excluding hydrogens is 430 g/mol. The number of halogens is 1. The number of ether oxygens (including phenoxy) is 2. The van der Waals surface area contributed by atoms with Gasteiger partial charge in [0, 0.05) is 22.6 Å². The fourth-order valence-corrected chi connectivity index (χ4v) is 5.07. The molecule has 1 aliphatic rings. The van der Waals surface area contributed by atoms with Gasteiger partial charge in [-0.25, -0.2) is 8.42 Å². The van der Waals surface area contributed by atoms with Crippen molar-refractivity contribution in [1.82, 2.24) is 4.90 Å². The van der Waals surface area contributed by atoms with Crippen LogP contribution >= 0.6 is 15.9 Å². The Labute approximate surface area is 169 Å². The SMILES string of the molecule is COc1ccc(OC)c([C@H]2CCCN2CCS(=O)(=O)c2ccc(Br)cc2)c1. The fourth-order valence-electron chi connectivity index (χ4n) is 3.54. The van der Waals surface area contributed by atoms with E-state index in [2.05, 4.69) is 20.8 Å². The van der Waals surface area contributed by atoms with Crippen molar-refractivity contribution in [2.45, 2.75) is 23.8 Å². The minimum Gasteiger partial charge on any atom is -0.497 e. The van der Waals surface area contributed by atoms with E-state index in [1.165, 1.54) is 0 Å². The second kappa shape index (κ2) is 8.63. The van der Waals surface area contributed by atoms with Gasteiger partial charge in [0.1, 0.15) is 11.5 Å². The average Bonchev–Trinajstić information content (AvgIpc) is 3.14. The van der Waals surface area contributed by atoms with Gasteiger partial charge >= 0.3 is 0 Å². The molecule has 0 saturated carbocycles.